The predicted molar refractivity (Wildman–Crippen MR) is 153 cm³/mol. The average molecular weight is 627 g/mol. The molecule has 0 unspecified atom stereocenters. The minimum Gasteiger partial charge on any atom is -0.504 e. The fraction of sp³-hybridized carbons (Fsp3) is 0.333. The molecule has 2 aliphatic heterocycles. The van der Waals surface area contributed by atoms with Gasteiger partial charge in [0, 0.05) is 25.5 Å². The Morgan fingerprint density at radius 1 is 1.21 bits per heavy atom. The number of hydrogen-bond donors (Lipinski definition) is 3. The molecule has 224 valence electrons. The van der Waals surface area contributed by atoms with Crippen molar-refractivity contribution in [2.75, 3.05) is 6.54 Å². The van der Waals surface area contributed by atoms with Gasteiger partial charge < -0.3 is 14.9 Å². The number of carbonyl (C=O) groups excluding carboxylic acids is 3. The highest BCUT2D eigenvalue weighted by atomic mass is 32.2. The molecule has 43 heavy (non-hydrogen) atoms. The summed E-state index contributed by atoms with van der Waals surface area (Å²) in [6.07, 6.45) is 2.71. The molecule has 0 bridgehead atoms. The Morgan fingerprint density at radius 2 is 2.00 bits per heavy atom. The second-order valence-corrected chi connectivity index (χ2v) is 13.0. The van der Waals surface area contributed by atoms with E-state index in [2.05, 4.69) is 20.2 Å². The van der Waals surface area contributed by atoms with Crippen LogP contribution in [0.15, 0.2) is 75.5 Å². The van der Waals surface area contributed by atoms with Crippen LogP contribution in [0.4, 0.5) is 0 Å². The fourth-order valence-corrected chi connectivity index (χ4v) is 7.57. The molecule has 1 aromatic carbocycles. The number of thiophene rings is 1. The van der Waals surface area contributed by atoms with E-state index >= 15 is 0 Å². The molecule has 14 nitrogen and oxygen atoms in total. The second kappa shape index (κ2) is 12.7. The maximum absolute atomic E-state index is 13.9. The van der Waals surface area contributed by atoms with Gasteiger partial charge in [-0.15, -0.1) is 11.3 Å². The molecule has 0 spiro atoms. The van der Waals surface area contributed by atoms with E-state index < -0.39 is 51.6 Å². The molecule has 3 N–H and O–H groups in total. The molecule has 0 radical (unpaired) electrons. The van der Waals surface area contributed by atoms with Crippen molar-refractivity contribution in [1.29, 1.82) is 5.39 Å². The third-order valence-electron chi connectivity index (χ3n) is 7.14. The van der Waals surface area contributed by atoms with Crippen LogP contribution in [0.3, 0.4) is 0 Å². The Morgan fingerprint density at radius 3 is 2.72 bits per heavy atom. The molecule has 0 saturated carbocycles. The molecule has 16 heteroatoms. The van der Waals surface area contributed by atoms with Crippen molar-refractivity contribution in [1.82, 2.24) is 25.2 Å². The van der Waals surface area contributed by atoms with E-state index in [1.54, 1.807) is 36.4 Å². The van der Waals surface area contributed by atoms with Crippen LogP contribution in [-0.2, 0) is 30.8 Å². The summed E-state index contributed by atoms with van der Waals surface area (Å²) in [6.45, 7) is 0.182. The van der Waals surface area contributed by atoms with Gasteiger partial charge in [0.15, 0.2) is 4.98 Å². The van der Waals surface area contributed by atoms with Crippen LogP contribution in [0.1, 0.15) is 31.2 Å². The number of hydrogen-bond acceptors (Lipinski definition) is 10. The van der Waals surface area contributed by atoms with E-state index in [4.69, 9.17) is 9.92 Å². The molecule has 4 heterocycles. The van der Waals surface area contributed by atoms with E-state index in [-0.39, 0.29) is 36.4 Å². The number of amides is 3. The first-order valence-corrected chi connectivity index (χ1v) is 15.7. The SMILES string of the molecule is N#[N+]/C=C(\O)[C@H](Cc1ccccc1)NC(=O)[C@@H]1CCCN2C(=O)CC[C@H](NS(=O)(=O)c3ccc(-c4ccon4)s3)C(=O)N12. The summed E-state index contributed by atoms with van der Waals surface area (Å²) >= 11 is 0.942. The summed E-state index contributed by atoms with van der Waals surface area (Å²) in [5.41, 5.74) is 1.23. The predicted octanol–water partition coefficient (Wildman–Crippen LogP) is 2.56. The summed E-state index contributed by atoms with van der Waals surface area (Å²) in [6, 6.07) is 10.0. The van der Waals surface area contributed by atoms with Crippen molar-refractivity contribution in [3.05, 3.63) is 77.3 Å². The molecule has 3 amide bonds. The molecular weight excluding hydrogens is 598 g/mol. The second-order valence-electron chi connectivity index (χ2n) is 9.99. The van der Waals surface area contributed by atoms with Crippen molar-refractivity contribution in [3.63, 3.8) is 0 Å². The van der Waals surface area contributed by atoms with Gasteiger partial charge in [-0.3, -0.25) is 19.4 Å². The lowest BCUT2D eigenvalue weighted by atomic mass is 10.0. The van der Waals surface area contributed by atoms with E-state index in [1.807, 2.05) is 6.07 Å². The smallest absolute Gasteiger partial charge is 0.389 e. The van der Waals surface area contributed by atoms with Crippen LogP contribution < -0.4 is 10.0 Å². The highest BCUT2D eigenvalue weighted by molar-refractivity contribution is 7.91. The summed E-state index contributed by atoms with van der Waals surface area (Å²) in [4.78, 5) is 43.9. The largest absolute Gasteiger partial charge is 0.504 e. The van der Waals surface area contributed by atoms with Crippen LogP contribution in [0.25, 0.3) is 15.5 Å². The molecule has 2 saturated heterocycles. The average Bonchev–Trinajstić information content (AvgIpc) is 3.70. The lowest BCUT2D eigenvalue weighted by Crippen LogP contribution is -2.64. The number of rotatable bonds is 9. The summed E-state index contributed by atoms with van der Waals surface area (Å²) in [7, 11) is -4.19. The quantitative estimate of drug-likeness (QED) is 0.237. The number of carbonyl (C=O) groups is 3. The number of sulfonamides is 1. The van der Waals surface area contributed by atoms with E-state index in [9.17, 15) is 27.9 Å². The zero-order chi connectivity index (χ0) is 30.6. The Hall–Kier alpha value is -4.59. The number of nitrogens with zero attached hydrogens (tertiary/aromatic N) is 5. The van der Waals surface area contributed by atoms with Gasteiger partial charge in [0.2, 0.25) is 23.0 Å². The lowest BCUT2D eigenvalue weighted by Gasteiger charge is -2.43. The van der Waals surface area contributed by atoms with Crippen LogP contribution in [-0.4, -0.2) is 71.1 Å². The van der Waals surface area contributed by atoms with Gasteiger partial charge in [0.05, 0.1) is 10.9 Å². The molecule has 2 fully saturated rings. The van der Waals surface area contributed by atoms with Crippen LogP contribution in [0.5, 0.6) is 0 Å². The normalized spacial score (nSPS) is 20.2. The number of benzene rings is 1. The standard InChI is InChI=1S/C27H27N7O7S2/c28-29-16-22(35)20(15-17-5-2-1-3-6-17)30-26(37)21-7-4-13-33-24(36)10-8-19(27(38)34(21)33)32-43(39,40)25-11-9-23(42-25)18-12-14-41-31-18/h1-3,5-6,9,11-12,14,16,19-21,32H,4,7-8,10,13,15H2,(H-,30,35,37)/p+1/b22-16-/t19-,20-,21-/m0/s1. The number of aromatic nitrogens is 1. The highest BCUT2D eigenvalue weighted by Crippen LogP contribution is 2.31. The Bertz CT molecular complexity index is 1670. The van der Waals surface area contributed by atoms with Crippen molar-refractivity contribution < 1.29 is 32.4 Å². The van der Waals surface area contributed by atoms with Crippen LogP contribution >= 0.6 is 11.3 Å². The van der Waals surface area contributed by atoms with Gasteiger partial charge in [0.25, 0.3) is 15.9 Å². The number of diazo groups is 1. The Labute approximate surface area is 250 Å². The number of aliphatic hydroxyl groups is 1. The molecule has 0 aliphatic carbocycles. The molecule has 3 aromatic rings. The highest BCUT2D eigenvalue weighted by Gasteiger charge is 2.45. The van der Waals surface area contributed by atoms with E-state index in [0.29, 0.717) is 17.0 Å². The topological polar surface area (TPSA) is 190 Å². The van der Waals surface area contributed by atoms with Crippen LogP contribution in [0, 0.1) is 5.39 Å². The molecule has 2 aromatic heterocycles. The van der Waals surface area contributed by atoms with Gasteiger partial charge in [0.1, 0.15) is 28.2 Å². The first-order valence-electron chi connectivity index (χ1n) is 13.4. The van der Waals surface area contributed by atoms with Gasteiger partial charge in [-0.2, -0.15) is 4.72 Å². The first-order chi connectivity index (χ1) is 20.7. The minimum atomic E-state index is -4.19. The Balaban J connectivity index is 1.37. The Kier molecular flexibility index (Phi) is 8.85. The summed E-state index contributed by atoms with van der Waals surface area (Å²) < 4.78 is 33.8. The van der Waals surface area contributed by atoms with Gasteiger partial charge >= 0.3 is 6.20 Å². The lowest BCUT2D eigenvalue weighted by molar-refractivity contribution is -0.176. The minimum absolute atomic E-state index is 0.0565. The zero-order valence-corrected chi connectivity index (χ0v) is 24.3. The molecule has 2 aliphatic rings. The fourth-order valence-electron chi connectivity index (χ4n) is 5.07. The monoisotopic (exact) mass is 626 g/mol. The van der Waals surface area contributed by atoms with Crippen molar-refractivity contribution >= 4 is 39.1 Å². The van der Waals surface area contributed by atoms with Crippen molar-refractivity contribution in [2.24, 2.45) is 0 Å². The molecular formula is C27H28N7O7S2+. The third-order valence-corrected chi connectivity index (χ3v) is 10.2. The zero-order valence-electron chi connectivity index (χ0n) is 22.7. The van der Waals surface area contributed by atoms with Gasteiger partial charge in [-0.25, -0.2) is 13.4 Å². The maximum Gasteiger partial charge on any atom is 0.389 e. The molecule has 3 atom stereocenters. The van der Waals surface area contributed by atoms with E-state index in [1.165, 1.54) is 17.3 Å². The van der Waals surface area contributed by atoms with Gasteiger partial charge in [-0.1, -0.05) is 35.5 Å². The van der Waals surface area contributed by atoms with E-state index in [0.717, 1.165) is 28.1 Å². The number of hydrazine groups is 1. The van der Waals surface area contributed by atoms with Crippen molar-refractivity contribution in [2.45, 2.75) is 54.4 Å². The third kappa shape index (κ3) is 6.58. The summed E-state index contributed by atoms with van der Waals surface area (Å²) in [5, 5.41) is 28.2. The maximum atomic E-state index is 13.9. The number of aliphatic hydroxyl groups excluding tert-OH is 1. The summed E-state index contributed by atoms with van der Waals surface area (Å²) in [5.74, 6) is -2.24. The molecule has 5 rings (SSSR count). The van der Waals surface area contributed by atoms with Crippen LogP contribution in [0.2, 0.25) is 0 Å². The number of fused-ring (bicyclic) bond motifs is 1. The first kappa shape index (κ1) is 29.9. The van der Waals surface area contributed by atoms with Crippen molar-refractivity contribution in [3.8, 4) is 10.6 Å². The van der Waals surface area contributed by atoms with Gasteiger partial charge in [-0.05, 0) is 37.0 Å². The number of nitrogens with one attached hydrogen (secondary N) is 2.